The predicted molar refractivity (Wildman–Crippen MR) is 98.5 cm³/mol. The van der Waals surface area contributed by atoms with Crippen LogP contribution in [0.5, 0.6) is 5.75 Å². The Morgan fingerprint density at radius 2 is 1.58 bits per heavy atom. The van der Waals surface area contributed by atoms with E-state index < -0.39 is 23.7 Å². The first-order valence-corrected chi connectivity index (χ1v) is 8.17. The van der Waals surface area contributed by atoms with Crippen LogP contribution < -0.4 is 9.64 Å². The van der Waals surface area contributed by atoms with Gasteiger partial charge in [0.15, 0.2) is 6.04 Å². The highest BCUT2D eigenvalue weighted by Crippen LogP contribution is 2.31. The molecule has 0 unspecified atom stereocenters. The third kappa shape index (κ3) is 4.75. The lowest BCUT2D eigenvalue weighted by Crippen LogP contribution is -2.42. The SMILES string of the molecule is COc1ccc(N(C(=O)OC(C)(C)C)[C@@H](C(=O)O)c2ccccc2)cc1. The van der Waals surface area contributed by atoms with E-state index in [-0.39, 0.29) is 0 Å². The van der Waals surface area contributed by atoms with E-state index in [2.05, 4.69) is 0 Å². The van der Waals surface area contributed by atoms with Crippen molar-refractivity contribution in [2.24, 2.45) is 0 Å². The van der Waals surface area contributed by atoms with E-state index in [1.807, 2.05) is 0 Å². The molecule has 0 saturated heterocycles. The second-order valence-electron chi connectivity index (χ2n) is 6.70. The molecule has 2 rings (SSSR count). The van der Waals surface area contributed by atoms with E-state index in [0.29, 0.717) is 17.0 Å². The first-order valence-electron chi connectivity index (χ1n) is 8.17. The fourth-order valence-electron chi connectivity index (χ4n) is 2.45. The van der Waals surface area contributed by atoms with Crippen LogP contribution in [-0.4, -0.2) is 29.9 Å². The summed E-state index contributed by atoms with van der Waals surface area (Å²) in [5.74, 6) is -0.553. The van der Waals surface area contributed by atoms with E-state index in [9.17, 15) is 14.7 Å². The van der Waals surface area contributed by atoms with Gasteiger partial charge in [-0.15, -0.1) is 0 Å². The molecule has 6 heteroatoms. The Kier molecular flexibility index (Phi) is 5.87. The summed E-state index contributed by atoms with van der Waals surface area (Å²) in [5.41, 5.74) is 0.111. The summed E-state index contributed by atoms with van der Waals surface area (Å²) >= 11 is 0. The van der Waals surface area contributed by atoms with Gasteiger partial charge in [0.05, 0.1) is 7.11 Å². The summed E-state index contributed by atoms with van der Waals surface area (Å²) in [4.78, 5) is 26.0. The van der Waals surface area contributed by atoms with Gasteiger partial charge in [-0.25, -0.2) is 9.59 Å². The smallest absolute Gasteiger partial charge is 0.415 e. The highest BCUT2D eigenvalue weighted by molar-refractivity contribution is 5.96. The Balaban J connectivity index is 2.53. The highest BCUT2D eigenvalue weighted by Gasteiger charge is 2.35. The number of aliphatic carboxylic acids is 1. The van der Waals surface area contributed by atoms with Crippen LogP contribution >= 0.6 is 0 Å². The number of hydrogen-bond donors (Lipinski definition) is 1. The third-order valence-corrected chi connectivity index (χ3v) is 3.55. The zero-order valence-corrected chi connectivity index (χ0v) is 15.3. The number of carbonyl (C=O) groups excluding carboxylic acids is 1. The molecule has 0 spiro atoms. The maximum atomic E-state index is 12.8. The molecule has 2 aromatic carbocycles. The topological polar surface area (TPSA) is 76.1 Å². The van der Waals surface area contributed by atoms with Gasteiger partial charge in [0.2, 0.25) is 0 Å². The summed E-state index contributed by atoms with van der Waals surface area (Å²) < 4.78 is 10.6. The number of amides is 1. The molecule has 0 saturated carbocycles. The average Bonchev–Trinajstić information content (AvgIpc) is 2.58. The van der Waals surface area contributed by atoms with Gasteiger partial charge in [0.1, 0.15) is 11.4 Å². The first kappa shape index (κ1) is 19.3. The lowest BCUT2D eigenvalue weighted by molar-refractivity contribution is -0.138. The monoisotopic (exact) mass is 357 g/mol. The molecule has 0 aliphatic rings. The van der Waals surface area contributed by atoms with Crippen molar-refractivity contribution in [1.29, 1.82) is 0 Å². The minimum Gasteiger partial charge on any atom is -0.497 e. The summed E-state index contributed by atoms with van der Waals surface area (Å²) in [7, 11) is 1.53. The molecule has 0 aliphatic carbocycles. The molecule has 2 aromatic rings. The molecular formula is C20H23NO5. The zero-order chi connectivity index (χ0) is 19.3. The lowest BCUT2D eigenvalue weighted by atomic mass is 10.0. The Labute approximate surface area is 153 Å². The molecular weight excluding hydrogens is 334 g/mol. The van der Waals surface area contributed by atoms with Gasteiger partial charge in [-0.2, -0.15) is 0 Å². The second kappa shape index (κ2) is 7.91. The summed E-state index contributed by atoms with van der Waals surface area (Å²) in [6, 6.07) is 13.9. The molecule has 0 radical (unpaired) electrons. The van der Waals surface area contributed by atoms with Gasteiger partial charge in [0.25, 0.3) is 0 Å². The van der Waals surface area contributed by atoms with Crippen molar-refractivity contribution in [3.8, 4) is 5.75 Å². The van der Waals surface area contributed by atoms with E-state index in [1.165, 1.54) is 7.11 Å². The summed E-state index contributed by atoms with van der Waals surface area (Å²) in [6.45, 7) is 5.19. The van der Waals surface area contributed by atoms with Gasteiger partial charge in [0, 0.05) is 5.69 Å². The van der Waals surface area contributed by atoms with Gasteiger partial charge in [-0.1, -0.05) is 30.3 Å². The minimum absolute atomic E-state index is 0.399. The number of benzene rings is 2. The molecule has 0 aromatic heterocycles. The van der Waals surface area contributed by atoms with Gasteiger partial charge >= 0.3 is 12.1 Å². The van der Waals surface area contributed by atoms with Crippen LogP contribution in [0.4, 0.5) is 10.5 Å². The Morgan fingerprint density at radius 3 is 2.04 bits per heavy atom. The number of carboxylic acids is 1. The summed E-state index contributed by atoms with van der Waals surface area (Å²) in [5, 5.41) is 9.83. The Morgan fingerprint density at radius 1 is 1.00 bits per heavy atom. The second-order valence-corrected chi connectivity index (χ2v) is 6.70. The number of ether oxygens (including phenoxy) is 2. The first-order chi connectivity index (χ1) is 12.2. The van der Waals surface area contributed by atoms with Crippen LogP contribution in [-0.2, 0) is 9.53 Å². The maximum absolute atomic E-state index is 12.8. The van der Waals surface area contributed by atoms with E-state index in [4.69, 9.17) is 9.47 Å². The number of methoxy groups -OCH3 is 1. The van der Waals surface area contributed by atoms with Crippen LogP contribution in [0.2, 0.25) is 0 Å². The molecule has 1 atom stereocenters. The molecule has 26 heavy (non-hydrogen) atoms. The summed E-state index contributed by atoms with van der Waals surface area (Å²) in [6.07, 6.45) is -0.737. The number of hydrogen-bond acceptors (Lipinski definition) is 4. The predicted octanol–water partition coefficient (Wildman–Crippen LogP) is 4.26. The molecule has 1 amide bonds. The van der Waals surface area contributed by atoms with Crippen LogP contribution in [0.1, 0.15) is 32.4 Å². The Bertz CT molecular complexity index is 750. The fourth-order valence-corrected chi connectivity index (χ4v) is 2.45. The largest absolute Gasteiger partial charge is 0.497 e. The lowest BCUT2D eigenvalue weighted by Gasteiger charge is -2.31. The van der Waals surface area contributed by atoms with E-state index in [1.54, 1.807) is 75.4 Å². The van der Waals surface area contributed by atoms with Crippen molar-refractivity contribution in [2.45, 2.75) is 32.4 Å². The molecule has 6 nitrogen and oxygen atoms in total. The van der Waals surface area contributed by atoms with E-state index in [0.717, 1.165) is 4.90 Å². The molecule has 1 N–H and O–H groups in total. The Hall–Kier alpha value is -3.02. The quantitative estimate of drug-likeness (QED) is 0.865. The van der Waals surface area contributed by atoms with Crippen molar-refractivity contribution in [2.75, 3.05) is 12.0 Å². The molecule has 0 fully saturated rings. The number of anilines is 1. The maximum Gasteiger partial charge on any atom is 0.415 e. The number of nitrogens with zero attached hydrogens (tertiary/aromatic N) is 1. The molecule has 0 bridgehead atoms. The van der Waals surface area contributed by atoms with Crippen LogP contribution in [0.25, 0.3) is 0 Å². The fraction of sp³-hybridized carbons (Fsp3) is 0.300. The minimum atomic E-state index is -1.22. The highest BCUT2D eigenvalue weighted by atomic mass is 16.6. The van der Waals surface area contributed by atoms with Crippen LogP contribution in [0.15, 0.2) is 54.6 Å². The molecule has 0 aliphatic heterocycles. The number of carbonyl (C=O) groups is 2. The number of rotatable bonds is 5. The zero-order valence-electron chi connectivity index (χ0n) is 15.3. The van der Waals surface area contributed by atoms with Crippen LogP contribution in [0.3, 0.4) is 0 Å². The number of carboxylic acid groups (broad SMARTS) is 1. The van der Waals surface area contributed by atoms with Gasteiger partial charge in [-0.3, -0.25) is 4.90 Å². The van der Waals surface area contributed by atoms with Crippen molar-refractivity contribution < 1.29 is 24.2 Å². The standard InChI is InChI=1S/C20H23NO5/c1-20(2,3)26-19(24)21(15-10-12-16(25-4)13-11-15)17(18(22)23)14-8-6-5-7-9-14/h5-13,17H,1-4H3,(H,22,23)/t17-/m1/s1. The van der Waals surface area contributed by atoms with Gasteiger partial charge in [-0.05, 0) is 50.6 Å². The van der Waals surface area contributed by atoms with Crippen LogP contribution in [0, 0.1) is 0 Å². The van der Waals surface area contributed by atoms with Crippen molar-refractivity contribution in [1.82, 2.24) is 0 Å². The van der Waals surface area contributed by atoms with Crippen molar-refractivity contribution >= 4 is 17.7 Å². The van der Waals surface area contributed by atoms with Crippen molar-refractivity contribution in [3.63, 3.8) is 0 Å². The normalized spacial score (nSPS) is 12.2. The third-order valence-electron chi connectivity index (χ3n) is 3.55. The molecule has 138 valence electrons. The van der Waals surface area contributed by atoms with Crippen molar-refractivity contribution in [3.05, 3.63) is 60.2 Å². The average molecular weight is 357 g/mol. The van der Waals surface area contributed by atoms with Gasteiger partial charge < -0.3 is 14.6 Å². The van der Waals surface area contributed by atoms with E-state index >= 15 is 0 Å². The molecule has 0 heterocycles.